The molecule has 0 saturated carbocycles. The van der Waals surface area contributed by atoms with Gasteiger partial charge < -0.3 is 30.6 Å². The summed E-state index contributed by atoms with van der Waals surface area (Å²) in [5, 5.41) is 134. The van der Waals surface area contributed by atoms with E-state index in [1.807, 2.05) is 187 Å². The minimum Gasteiger partial charge on any atom is -0.507 e. The smallest absolute Gasteiger partial charge is 0.122 e. The quantitative estimate of drug-likeness (QED) is 0.0647. The van der Waals surface area contributed by atoms with Crippen LogP contribution in [-0.2, 0) is 38.5 Å². The molecule has 6 N–H and O–H groups in total. The molecule has 1 aliphatic carbocycles. The van der Waals surface area contributed by atoms with Crippen LogP contribution in [0, 0.1) is 41.5 Å². The maximum Gasteiger partial charge on any atom is 0.122 e. The van der Waals surface area contributed by atoms with E-state index >= 15 is 0 Å². The highest BCUT2D eigenvalue weighted by molar-refractivity contribution is 5.67. The number of aryl methyl sites for hydroxylation is 6. The highest BCUT2D eigenvalue weighted by Crippen LogP contribution is 2.45. The van der Waals surface area contributed by atoms with Crippen molar-refractivity contribution in [3.8, 4) is 34.5 Å². The number of nitrogens with zero attached hydrogens (tertiary/aromatic N) is 12. The Morgan fingerprint density at radius 3 is 0.412 bits per heavy atom. The Bertz CT molecular complexity index is 4430. The Morgan fingerprint density at radius 1 is 0.176 bits per heavy atom. The summed E-state index contributed by atoms with van der Waals surface area (Å²) in [5.74, 6) is -0.948. The molecule has 0 fully saturated rings. The van der Waals surface area contributed by atoms with Crippen LogP contribution >= 0.6 is 0 Å². The SMILES string of the molecule is Cc1ccccc1N=Nc1cc2c(O)c(c1)Cc1cc(N=Nc3ccccc3C)cc(c1O)Cc1cc(N=Nc3ccccc3C)cc(c1O)Cc1cc(N=Nc3ccccc3C)cc(c1O)Cc1cc(N=Nc3ccccc3C)cc(c1O)Cc1cc(N=Nc3ccccc3C)cc(c1O)C2. The third-order valence-electron chi connectivity index (χ3n) is 18.1. The summed E-state index contributed by atoms with van der Waals surface area (Å²) in [5.41, 5.74) is 15.2. The third-order valence-corrected chi connectivity index (χ3v) is 18.1. The van der Waals surface area contributed by atoms with Crippen molar-refractivity contribution >= 4 is 68.2 Å². The van der Waals surface area contributed by atoms with E-state index in [-0.39, 0.29) is 73.0 Å². The summed E-state index contributed by atoms with van der Waals surface area (Å²) in [6.45, 7) is 11.6. The fraction of sp³-hybridized carbons (Fsp3) is 0.143. The molecule has 0 atom stereocenters. The summed E-state index contributed by atoms with van der Waals surface area (Å²) in [4.78, 5) is 0. The number of hydrogen-bond donors (Lipinski definition) is 6. The molecule has 13 rings (SSSR count). The number of aromatic hydroxyl groups is 6. The highest BCUT2D eigenvalue weighted by Gasteiger charge is 2.25. The van der Waals surface area contributed by atoms with Crippen LogP contribution in [0.1, 0.15) is 100 Å². The minimum atomic E-state index is -0.158. The van der Waals surface area contributed by atoms with Gasteiger partial charge in [0.1, 0.15) is 34.5 Å². The Kier molecular flexibility index (Phi) is 19.9. The van der Waals surface area contributed by atoms with Crippen molar-refractivity contribution in [3.05, 3.63) is 319 Å². The molecule has 0 saturated heterocycles. The van der Waals surface area contributed by atoms with Crippen molar-refractivity contribution in [1.82, 2.24) is 0 Å². The van der Waals surface area contributed by atoms with Crippen molar-refractivity contribution in [2.75, 3.05) is 0 Å². The molecule has 0 aromatic heterocycles. The first kappa shape index (κ1) is 67.6. The van der Waals surface area contributed by atoms with Gasteiger partial charge in [-0.25, -0.2) is 0 Å². The topological polar surface area (TPSA) is 270 Å². The monoisotopic (exact) mass is 1340 g/mol. The lowest BCUT2D eigenvalue weighted by Gasteiger charge is -2.18. The predicted molar refractivity (Wildman–Crippen MR) is 398 cm³/mol. The van der Waals surface area contributed by atoms with Gasteiger partial charge in [-0.1, -0.05) is 109 Å². The van der Waals surface area contributed by atoms with Crippen molar-refractivity contribution in [1.29, 1.82) is 0 Å². The number of phenolic OH excluding ortho intramolecular Hbond substituents is 6. The van der Waals surface area contributed by atoms with E-state index in [0.717, 1.165) is 33.4 Å². The second kappa shape index (κ2) is 30.0. The predicted octanol–water partition coefficient (Wildman–Crippen LogP) is 24.1. The van der Waals surface area contributed by atoms with Gasteiger partial charge in [0.25, 0.3) is 0 Å². The summed E-state index contributed by atoms with van der Waals surface area (Å²) in [6.07, 6.45) is -0.576. The van der Waals surface area contributed by atoms with Gasteiger partial charge in [-0.3, -0.25) is 0 Å². The molecular weight excluding hydrogens is 1270 g/mol. The molecule has 0 heterocycles. The fourth-order valence-corrected chi connectivity index (χ4v) is 12.4. The second-order valence-corrected chi connectivity index (χ2v) is 25.7. The highest BCUT2D eigenvalue weighted by atomic mass is 16.3. The van der Waals surface area contributed by atoms with Gasteiger partial charge in [0, 0.05) is 105 Å². The van der Waals surface area contributed by atoms with Crippen LogP contribution in [0.4, 0.5) is 68.2 Å². The van der Waals surface area contributed by atoms with Crippen molar-refractivity contribution < 1.29 is 30.6 Å². The maximum absolute atomic E-state index is 12.9. The van der Waals surface area contributed by atoms with Crippen LogP contribution < -0.4 is 0 Å². The van der Waals surface area contributed by atoms with Crippen LogP contribution in [0.5, 0.6) is 34.5 Å². The first-order valence-corrected chi connectivity index (χ1v) is 33.4. The lowest BCUT2D eigenvalue weighted by molar-refractivity contribution is 0.451. The molecular formula is C84H72N12O6. The normalized spacial score (nSPS) is 12.8. The van der Waals surface area contributed by atoms with Crippen LogP contribution in [0.15, 0.2) is 280 Å². The molecule has 1 aliphatic rings. The standard InChI is InChI=1S/C84H72N12O6/c1-49-19-7-13-25-73(49)91-85-67-37-55-31-57-39-68(86-92-74-26-14-8-20-50(74)2)41-59(80(57)98)33-61-43-70(88-94-76-28-16-10-22-52(76)4)45-63(82(61)100)35-65-47-72(90-96-78-30-18-12-24-54(78)6)48-66(84(65)102)36-64-46-71(89-95-77-29-17-11-23-53(77)5)44-62(83(64)101)34-60-42-69(87-93-75-27-15-9-21-51(75)3)40-58(81(60)99)32-56(38-67)79(55)97/h7-30,37-48,97-102H,31-36H2,1-6H3. The average molecular weight is 1350 g/mol. The Balaban J connectivity index is 1.06. The summed E-state index contributed by atoms with van der Waals surface area (Å²) >= 11 is 0. The van der Waals surface area contributed by atoms with Gasteiger partial charge in [0.2, 0.25) is 0 Å². The number of rotatable bonds is 12. The molecule has 12 bridgehead atoms. The number of fused-ring (bicyclic) bond motifs is 12. The van der Waals surface area contributed by atoms with E-state index in [1.54, 1.807) is 72.8 Å². The number of hydrogen-bond acceptors (Lipinski definition) is 18. The third kappa shape index (κ3) is 15.6. The molecule has 504 valence electrons. The first-order chi connectivity index (χ1) is 49.4. The Hall–Kier alpha value is -13.0. The Labute approximate surface area is 590 Å². The molecule has 0 spiro atoms. The Morgan fingerprint density at radius 2 is 0.294 bits per heavy atom. The van der Waals surface area contributed by atoms with E-state index < -0.39 is 0 Å². The zero-order valence-corrected chi connectivity index (χ0v) is 57.1. The molecule has 102 heavy (non-hydrogen) atoms. The molecule has 18 heteroatoms. The number of phenols is 6. The molecule has 18 nitrogen and oxygen atoms in total. The van der Waals surface area contributed by atoms with E-state index in [0.29, 0.717) is 135 Å². The van der Waals surface area contributed by atoms with Gasteiger partial charge in [-0.2, -0.15) is 61.4 Å². The van der Waals surface area contributed by atoms with Gasteiger partial charge in [-0.05, 0) is 184 Å². The molecule has 12 aromatic carbocycles. The second-order valence-electron chi connectivity index (χ2n) is 25.7. The van der Waals surface area contributed by atoms with Crippen molar-refractivity contribution in [3.63, 3.8) is 0 Å². The fourth-order valence-electron chi connectivity index (χ4n) is 12.4. The van der Waals surface area contributed by atoms with Crippen LogP contribution in [0.2, 0.25) is 0 Å². The lowest BCUT2D eigenvalue weighted by atomic mass is 9.90. The zero-order valence-electron chi connectivity index (χ0n) is 57.1. The molecule has 12 aromatic rings. The van der Waals surface area contributed by atoms with Crippen molar-refractivity contribution in [2.45, 2.75) is 80.1 Å². The van der Waals surface area contributed by atoms with Gasteiger partial charge in [-0.15, -0.1) is 0 Å². The summed E-state index contributed by atoms with van der Waals surface area (Å²) < 4.78 is 0. The first-order valence-electron chi connectivity index (χ1n) is 33.4. The van der Waals surface area contributed by atoms with Crippen LogP contribution in [0.25, 0.3) is 0 Å². The minimum absolute atomic E-state index is 0.0960. The van der Waals surface area contributed by atoms with E-state index in [9.17, 15) is 30.6 Å². The molecule has 0 amide bonds. The van der Waals surface area contributed by atoms with Gasteiger partial charge >= 0.3 is 0 Å². The van der Waals surface area contributed by atoms with Crippen molar-refractivity contribution in [2.24, 2.45) is 61.4 Å². The number of benzene rings is 12. The number of azo groups is 6. The lowest BCUT2D eigenvalue weighted by Crippen LogP contribution is -2.01. The van der Waals surface area contributed by atoms with Crippen LogP contribution in [-0.4, -0.2) is 30.6 Å². The molecule has 0 radical (unpaired) electrons. The maximum atomic E-state index is 12.9. The summed E-state index contributed by atoms with van der Waals surface area (Å²) in [6, 6.07) is 65.9. The average Bonchev–Trinajstić information content (AvgIpc) is 0.788. The van der Waals surface area contributed by atoms with Crippen LogP contribution in [0.3, 0.4) is 0 Å². The molecule has 0 aliphatic heterocycles. The molecule has 0 unspecified atom stereocenters. The zero-order chi connectivity index (χ0) is 71.0. The van der Waals surface area contributed by atoms with E-state index in [4.69, 9.17) is 30.7 Å². The van der Waals surface area contributed by atoms with Gasteiger partial charge in [0.05, 0.1) is 68.2 Å². The van der Waals surface area contributed by atoms with E-state index in [2.05, 4.69) is 30.7 Å². The largest absolute Gasteiger partial charge is 0.507 e. The van der Waals surface area contributed by atoms with Gasteiger partial charge in [0.15, 0.2) is 0 Å². The van der Waals surface area contributed by atoms with E-state index in [1.165, 1.54) is 0 Å². The summed E-state index contributed by atoms with van der Waals surface area (Å²) in [7, 11) is 0.